The standard InChI is InChI=1S/C17H15N3O5/c1-19(2)14-6-5-12(20(22)23)9-13(14)17(21)25-15-7-4-11(10-18)8-16(15)24-3/h4-9H,1-3H3. The molecule has 0 unspecified atom stereocenters. The lowest BCUT2D eigenvalue weighted by Crippen LogP contribution is -2.17. The largest absolute Gasteiger partial charge is 0.493 e. The number of esters is 1. The quantitative estimate of drug-likeness (QED) is 0.356. The third-order valence-electron chi connectivity index (χ3n) is 3.39. The summed E-state index contributed by atoms with van der Waals surface area (Å²) in [6.07, 6.45) is 0. The van der Waals surface area contributed by atoms with Crippen LogP contribution in [0.15, 0.2) is 36.4 Å². The van der Waals surface area contributed by atoms with Gasteiger partial charge in [0.15, 0.2) is 11.5 Å². The summed E-state index contributed by atoms with van der Waals surface area (Å²) >= 11 is 0. The SMILES string of the molecule is COc1cc(C#N)ccc1OC(=O)c1cc([N+](=O)[O-])ccc1N(C)C. The van der Waals surface area contributed by atoms with Crippen molar-refractivity contribution in [2.75, 3.05) is 26.1 Å². The van der Waals surface area contributed by atoms with Crippen LogP contribution in [0.1, 0.15) is 15.9 Å². The number of nitro benzene ring substituents is 1. The number of nitrogens with zero attached hydrogens (tertiary/aromatic N) is 3. The topological polar surface area (TPSA) is 106 Å². The highest BCUT2D eigenvalue weighted by Gasteiger charge is 2.21. The van der Waals surface area contributed by atoms with Gasteiger partial charge < -0.3 is 14.4 Å². The van der Waals surface area contributed by atoms with Gasteiger partial charge in [0.05, 0.1) is 34.9 Å². The molecule has 0 aliphatic rings. The number of carbonyl (C=O) groups excluding carboxylic acids is 1. The molecule has 0 spiro atoms. The van der Waals surface area contributed by atoms with Gasteiger partial charge in [-0.25, -0.2) is 4.79 Å². The Balaban J connectivity index is 2.43. The number of hydrogen-bond acceptors (Lipinski definition) is 7. The van der Waals surface area contributed by atoms with E-state index in [2.05, 4.69) is 0 Å². The molecule has 2 aromatic carbocycles. The van der Waals surface area contributed by atoms with Crippen LogP contribution >= 0.6 is 0 Å². The molecule has 0 saturated carbocycles. The van der Waals surface area contributed by atoms with Crippen molar-refractivity contribution in [1.82, 2.24) is 0 Å². The second kappa shape index (κ2) is 7.31. The van der Waals surface area contributed by atoms with Gasteiger partial charge in [-0.3, -0.25) is 10.1 Å². The highest BCUT2D eigenvalue weighted by atomic mass is 16.6. The summed E-state index contributed by atoms with van der Waals surface area (Å²) in [5.74, 6) is -0.442. The van der Waals surface area contributed by atoms with Crippen molar-refractivity contribution in [3.05, 3.63) is 57.6 Å². The molecule has 0 aliphatic carbocycles. The van der Waals surface area contributed by atoms with E-state index < -0.39 is 10.9 Å². The van der Waals surface area contributed by atoms with Crippen LogP contribution in [0.3, 0.4) is 0 Å². The number of rotatable bonds is 5. The van der Waals surface area contributed by atoms with E-state index in [9.17, 15) is 14.9 Å². The number of non-ortho nitro benzene ring substituents is 1. The maximum Gasteiger partial charge on any atom is 0.346 e. The average Bonchev–Trinajstić information content (AvgIpc) is 2.61. The minimum absolute atomic E-state index is 0.0469. The van der Waals surface area contributed by atoms with Crippen LogP contribution in [0.2, 0.25) is 0 Å². The summed E-state index contributed by atoms with van der Waals surface area (Å²) in [6, 6.07) is 10.3. The van der Waals surface area contributed by atoms with Crippen molar-refractivity contribution >= 4 is 17.3 Å². The van der Waals surface area contributed by atoms with Crippen LogP contribution < -0.4 is 14.4 Å². The molecule has 8 nitrogen and oxygen atoms in total. The maximum atomic E-state index is 12.5. The molecule has 0 amide bonds. The summed E-state index contributed by atoms with van der Waals surface area (Å²) in [7, 11) is 4.80. The predicted molar refractivity (Wildman–Crippen MR) is 90.1 cm³/mol. The van der Waals surface area contributed by atoms with Crippen molar-refractivity contribution in [2.45, 2.75) is 0 Å². The Bertz CT molecular complexity index is 871. The van der Waals surface area contributed by atoms with Crippen molar-refractivity contribution in [3.63, 3.8) is 0 Å². The fourth-order valence-electron chi connectivity index (χ4n) is 2.17. The van der Waals surface area contributed by atoms with Gasteiger partial charge in [0.2, 0.25) is 0 Å². The van der Waals surface area contributed by atoms with Crippen molar-refractivity contribution in [1.29, 1.82) is 5.26 Å². The lowest BCUT2D eigenvalue weighted by molar-refractivity contribution is -0.384. The zero-order valence-electron chi connectivity index (χ0n) is 13.8. The molecule has 0 radical (unpaired) electrons. The van der Waals surface area contributed by atoms with Gasteiger partial charge in [-0.15, -0.1) is 0 Å². The molecule has 128 valence electrons. The van der Waals surface area contributed by atoms with Crippen LogP contribution in [-0.4, -0.2) is 32.1 Å². The fourth-order valence-corrected chi connectivity index (χ4v) is 2.17. The predicted octanol–water partition coefficient (Wildman–Crippen LogP) is 2.76. The molecule has 0 saturated heterocycles. The molecule has 0 bridgehead atoms. The first kappa shape index (κ1) is 17.7. The first-order chi connectivity index (χ1) is 11.9. The van der Waals surface area contributed by atoms with Crippen molar-refractivity contribution in [2.24, 2.45) is 0 Å². The number of carbonyl (C=O) groups is 1. The van der Waals surface area contributed by atoms with E-state index in [0.717, 1.165) is 6.07 Å². The van der Waals surface area contributed by atoms with E-state index in [0.29, 0.717) is 11.3 Å². The third-order valence-corrected chi connectivity index (χ3v) is 3.39. The molecule has 0 aliphatic heterocycles. The first-order valence-corrected chi connectivity index (χ1v) is 7.13. The maximum absolute atomic E-state index is 12.5. The van der Waals surface area contributed by atoms with Gasteiger partial charge in [-0.1, -0.05) is 0 Å². The average molecular weight is 341 g/mol. The number of benzene rings is 2. The molecule has 0 fully saturated rings. The van der Waals surface area contributed by atoms with Gasteiger partial charge in [-0.05, 0) is 18.2 Å². The zero-order valence-corrected chi connectivity index (χ0v) is 13.8. The Hall–Kier alpha value is -3.60. The second-order valence-electron chi connectivity index (χ2n) is 5.22. The molecule has 0 N–H and O–H groups in total. The van der Waals surface area contributed by atoms with Crippen LogP contribution in [0.5, 0.6) is 11.5 Å². The summed E-state index contributed by atoms with van der Waals surface area (Å²) < 4.78 is 10.4. The van der Waals surface area contributed by atoms with Crippen LogP contribution in [0, 0.1) is 21.4 Å². The van der Waals surface area contributed by atoms with E-state index in [1.165, 1.54) is 37.4 Å². The molecular weight excluding hydrogens is 326 g/mol. The molecule has 0 aromatic heterocycles. The van der Waals surface area contributed by atoms with Gasteiger partial charge in [0, 0.05) is 32.3 Å². The number of nitro groups is 1. The second-order valence-corrected chi connectivity index (χ2v) is 5.22. The summed E-state index contributed by atoms with van der Waals surface area (Å²) in [6.45, 7) is 0. The number of nitriles is 1. The molecule has 2 rings (SSSR count). The van der Waals surface area contributed by atoms with Gasteiger partial charge >= 0.3 is 5.97 Å². The van der Waals surface area contributed by atoms with Gasteiger partial charge in [0.25, 0.3) is 5.69 Å². The number of ether oxygens (including phenoxy) is 2. The fraction of sp³-hybridized carbons (Fsp3) is 0.176. The van der Waals surface area contributed by atoms with Crippen LogP contribution in [0.25, 0.3) is 0 Å². The molecule has 0 atom stereocenters. The summed E-state index contributed by atoms with van der Waals surface area (Å²) in [4.78, 5) is 24.6. The normalized spacial score (nSPS) is 9.84. The van der Waals surface area contributed by atoms with Gasteiger partial charge in [0.1, 0.15) is 0 Å². The smallest absolute Gasteiger partial charge is 0.346 e. The van der Waals surface area contributed by atoms with E-state index in [4.69, 9.17) is 14.7 Å². The lowest BCUT2D eigenvalue weighted by atomic mass is 10.1. The van der Waals surface area contributed by atoms with Crippen LogP contribution in [0.4, 0.5) is 11.4 Å². The van der Waals surface area contributed by atoms with E-state index in [1.807, 2.05) is 6.07 Å². The Labute approximate surface area is 144 Å². The zero-order chi connectivity index (χ0) is 18.6. The Kier molecular flexibility index (Phi) is 5.19. The van der Waals surface area contributed by atoms with Crippen LogP contribution in [-0.2, 0) is 0 Å². The highest BCUT2D eigenvalue weighted by Crippen LogP contribution is 2.31. The number of hydrogen-bond donors (Lipinski definition) is 0. The monoisotopic (exact) mass is 341 g/mol. The van der Waals surface area contributed by atoms with Crippen molar-refractivity contribution in [3.8, 4) is 17.6 Å². The van der Waals surface area contributed by atoms with E-state index in [-0.39, 0.29) is 22.7 Å². The number of anilines is 1. The van der Waals surface area contributed by atoms with Gasteiger partial charge in [-0.2, -0.15) is 5.26 Å². The summed E-state index contributed by atoms with van der Waals surface area (Å²) in [5.41, 5.74) is 0.652. The minimum Gasteiger partial charge on any atom is -0.493 e. The Morgan fingerprint density at radius 2 is 1.92 bits per heavy atom. The molecule has 2 aromatic rings. The van der Waals surface area contributed by atoms with E-state index >= 15 is 0 Å². The molecule has 25 heavy (non-hydrogen) atoms. The first-order valence-electron chi connectivity index (χ1n) is 7.13. The lowest BCUT2D eigenvalue weighted by Gasteiger charge is -2.17. The third kappa shape index (κ3) is 3.84. The molecular formula is C17H15N3O5. The molecule has 8 heteroatoms. The number of methoxy groups -OCH3 is 1. The highest BCUT2D eigenvalue weighted by molar-refractivity contribution is 5.98. The summed E-state index contributed by atoms with van der Waals surface area (Å²) in [5, 5.41) is 19.9. The Morgan fingerprint density at radius 1 is 1.20 bits per heavy atom. The molecule has 0 heterocycles. The Morgan fingerprint density at radius 3 is 2.48 bits per heavy atom. The minimum atomic E-state index is -0.768. The van der Waals surface area contributed by atoms with Crippen molar-refractivity contribution < 1.29 is 19.2 Å². The van der Waals surface area contributed by atoms with E-state index in [1.54, 1.807) is 19.0 Å².